The zero-order valence-electron chi connectivity index (χ0n) is 39.1. The second kappa shape index (κ2) is 15.1. The van der Waals surface area contributed by atoms with Crippen LogP contribution in [0.15, 0.2) is 58.8 Å². The molecule has 14 heteroatoms. The lowest BCUT2D eigenvalue weighted by atomic mass is 10.0. The van der Waals surface area contributed by atoms with Gasteiger partial charge in [-0.1, -0.05) is 25.8 Å². The number of amides is 1. The summed E-state index contributed by atoms with van der Waals surface area (Å²) in [5.41, 5.74) is 5.78. The normalized spacial score (nSPS) is 29.7. The number of nitrogens with zero attached hydrogens (tertiary/aromatic N) is 2. The number of anilines is 1. The molecule has 2 aliphatic rings. The number of aliphatic hydroxyl groups excluding tert-OH is 1. The van der Waals surface area contributed by atoms with Crippen molar-refractivity contribution < 1.29 is 57.8 Å². The highest BCUT2D eigenvalue weighted by atomic mass is 32.2. The molecule has 1 aromatic heterocycles. The molecule has 3 aromatic rings. The van der Waals surface area contributed by atoms with Crippen molar-refractivity contribution in [1.29, 1.82) is 0 Å². The second-order valence-corrected chi connectivity index (χ2v) is 13.2. The first-order valence-electron chi connectivity index (χ1n) is 21.4. The van der Waals surface area contributed by atoms with E-state index >= 15 is 0 Å². The third-order valence-electron chi connectivity index (χ3n) is 7.02. The van der Waals surface area contributed by atoms with E-state index in [2.05, 4.69) is 10.3 Å². The molecule has 0 saturated carbocycles. The van der Waals surface area contributed by atoms with E-state index in [1.165, 1.54) is 41.8 Å². The number of fused-ring (bicyclic) bond motifs is 1. The molecule has 2 saturated heterocycles. The number of aromatic nitrogens is 1. The quantitative estimate of drug-likeness (QED) is 0.213. The van der Waals surface area contributed by atoms with Gasteiger partial charge in [0.2, 0.25) is 10.0 Å². The van der Waals surface area contributed by atoms with E-state index in [9.17, 15) is 18.3 Å². The molecule has 0 bridgehead atoms. The van der Waals surface area contributed by atoms with E-state index < -0.39 is 111 Å². The minimum absolute atomic E-state index is 0.0645. The summed E-state index contributed by atoms with van der Waals surface area (Å²) in [6.07, 6.45) is -7.83. The van der Waals surface area contributed by atoms with Gasteiger partial charge < -0.3 is 35.1 Å². The number of benzene rings is 2. The maximum atomic E-state index is 14.1. The van der Waals surface area contributed by atoms with E-state index in [0.29, 0.717) is 11.3 Å². The number of carbonyl (C=O) groups excluding carboxylic acids is 1. The van der Waals surface area contributed by atoms with Crippen LogP contribution >= 0.6 is 11.3 Å². The number of sulfonamides is 1. The van der Waals surface area contributed by atoms with Crippen LogP contribution in [0.25, 0.3) is 0 Å². The van der Waals surface area contributed by atoms with Gasteiger partial charge in [0.05, 0.1) is 53.7 Å². The maximum Gasteiger partial charge on any atom is 0.407 e. The fourth-order valence-electron chi connectivity index (χ4n) is 4.71. The smallest absolute Gasteiger partial charge is 0.407 e. The monoisotopic (exact) mass is 689 g/mol. The molecule has 0 aliphatic carbocycles. The molecule has 2 fully saturated rings. The fraction of sp³-hybridized carbons (Fsp3) is 0.500. The molecule has 3 heterocycles. The zero-order valence-corrected chi connectivity index (χ0v) is 25.8. The van der Waals surface area contributed by atoms with E-state index in [4.69, 9.17) is 45.2 Å². The summed E-state index contributed by atoms with van der Waals surface area (Å²) in [5, 5.41) is 15.0. The van der Waals surface area contributed by atoms with Crippen LogP contribution in [0.3, 0.4) is 0 Å². The standard InChI is InChI=1S/C32H42N4O8S2/c1-20(2)15-36(46(39,40)26-10-6-23(33)7-11-26)16-29(37)28(35-32(38)44-30-18-43-31-27(30)12-13-41-31)14-22-4-8-25(9-5-22)42-17-24-19-45-21(3)34-24/h4-11,19-20,27-31,37H,12-18,33H2,1-3H3,(H,35,38)/t27-,28-,29+,30-,31+/m0/s1/i1D3,2D3,3D3,17D2,18D2,20D,30D. The van der Waals surface area contributed by atoms with Crippen molar-refractivity contribution in [3.05, 3.63) is 70.2 Å². The highest BCUT2D eigenvalue weighted by molar-refractivity contribution is 7.89. The average Bonchev–Trinajstić information content (AvgIpc) is 3.85. The van der Waals surface area contributed by atoms with Crippen LogP contribution in [0.2, 0.25) is 0 Å². The Kier molecular flexibility index (Phi) is 6.41. The van der Waals surface area contributed by atoms with E-state index in [0.717, 1.165) is 12.1 Å². The van der Waals surface area contributed by atoms with Gasteiger partial charge in [-0.3, -0.25) is 0 Å². The number of hydrogen-bond donors (Lipinski definition) is 3. The average molecular weight is 690 g/mol. The molecule has 1 amide bonds. The molecule has 46 heavy (non-hydrogen) atoms. The Labute approximate surface area is 294 Å². The molecule has 4 N–H and O–H groups in total. The van der Waals surface area contributed by atoms with Crippen LogP contribution in [-0.2, 0) is 37.2 Å². The van der Waals surface area contributed by atoms with Gasteiger partial charge in [-0.15, -0.1) is 11.3 Å². The lowest BCUT2D eigenvalue weighted by Gasteiger charge is -2.31. The fourth-order valence-corrected chi connectivity index (χ4v) is 6.62. The van der Waals surface area contributed by atoms with Crippen molar-refractivity contribution in [2.24, 2.45) is 11.8 Å². The van der Waals surface area contributed by atoms with E-state index in [1.54, 1.807) is 0 Å². The van der Waals surface area contributed by atoms with Crippen molar-refractivity contribution in [1.82, 2.24) is 14.6 Å². The zero-order chi connectivity index (χ0) is 45.8. The predicted molar refractivity (Wildman–Crippen MR) is 173 cm³/mol. The lowest BCUT2D eigenvalue weighted by Crippen LogP contribution is -2.51. The molecule has 12 nitrogen and oxygen atoms in total. The van der Waals surface area contributed by atoms with Crippen LogP contribution in [0.1, 0.15) is 57.0 Å². The van der Waals surface area contributed by atoms with Gasteiger partial charge in [-0.2, -0.15) is 4.31 Å². The minimum atomic E-state index is -4.95. The van der Waals surface area contributed by atoms with E-state index in [-0.39, 0.29) is 45.0 Å². The van der Waals surface area contributed by atoms with Crippen molar-refractivity contribution in [2.75, 3.05) is 32.0 Å². The van der Waals surface area contributed by atoms with Gasteiger partial charge in [0.15, 0.2) is 6.29 Å². The Hall–Kier alpha value is -3.27. The second-order valence-electron chi connectivity index (χ2n) is 10.4. The van der Waals surface area contributed by atoms with Crippen LogP contribution in [0.4, 0.5) is 10.5 Å². The van der Waals surface area contributed by atoms with Crippen LogP contribution in [-0.4, -0.2) is 79.7 Å². The van der Waals surface area contributed by atoms with Crippen molar-refractivity contribution in [2.45, 2.75) is 69.4 Å². The molecule has 5 atom stereocenters. The molecule has 2 aliphatic heterocycles. The van der Waals surface area contributed by atoms with Crippen LogP contribution < -0.4 is 15.8 Å². The first kappa shape index (κ1) is 19.5. The predicted octanol–water partition coefficient (Wildman–Crippen LogP) is 3.72. The number of hydrogen-bond acceptors (Lipinski definition) is 11. The Bertz CT molecular complexity index is 2130. The van der Waals surface area contributed by atoms with Crippen molar-refractivity contribution in [3.8, 4) is 5.75 Å². The summed E-state index contributed by atoms with van der Waals surface area (Å²) in [6, 6.07) is 8.04. The number of carbonyl (C=O) groups is 1. The summed E-state index contributed by atoms with van der Waals surface area (Å²) in [6.45, 7) is -17.9. The van der Waals surface area contributed by atoms with Gasteiger partial charge in [0, 0.05) is 37.9 Å². The summed E-state index contributed by atoms with van der Waals surface area (Å²) in [7, 11) is -4.95. The van der Waals surface area contributed by atoms with Crippen molar-refractivity contribution >= 4 is 33.1 Å². The first-order valence-corrected chi connectivity index (χ1v) is 16.2. The molecule has 2 aromatic carbocycles. The van der Waals surface area contributed by atoms with Crippen LogP contribution in [0, 0.1) is 18.7 Å². The molecular formula is C32H42N4O8S2. The number of thiazole rings is 1. The molecule has 0 unspecified atom stereocenters. The van der Waals surface area contributed by atoms with Gasteiger partial charge in [-0.25, -0.2) is 18.2 Å². The van der Waals surface area contributed by atoms with Crippen molar-refractivity contribution in [3.63, 3.8) is 0 Å². The Morgan fingerprint density at radius 2 is 2.07 bits per heavy atom. The number of nitrogens with two attached hydrogens (primary N) is 1. The highest BCUT2D eigenvalue weighted by Gasteiger charge is 2.44. The summed E-state index contributed by atoms with van der Waals surface area (Å²) in [4.78, 5) is 16.9. The number of nitrogens with one attached hydrogen (secondary N) is 1. The molecule has 250 valence electrons. The highest BCUT2D eigenvalue weighted by Crippen LogP contribution is 2.33. The molecule has 0 spiro atoms. The lowest BCUT2D eigenvalue weighted by molar-refractivity contribution is -0.0907. The number of nitrogen functional groups attached to an aromatic ring is 1. The molecule has 0 radical (unpaired) electrons. The van der Waals surface area contributed by atoms with Gasteiger partial charge in [0.1, 0.15) is 18.4 Å². The Morgan fingerprint density at radius 1 is 1.28 bits per heavy atom. The summed E-state index contributed by atoms with van der Waals surface area (Å²) < 4.78 is 170. The summed E-state index contributed by atoms with van der Waals surface area (Å²) >= 11 is 0.714. The third-order valence-corrected chi connectivity index (χ3v) is 9.50. The number of ether oxygens (including phenoxy) is 4. The van der Waals surface area contributed by atoms with E-state index in [1.807, 2.05) is 0 Å². The van der Waals surface area contributed by atoms with Gasteiger partial charge in [0.25, 0.3) is 0 Å². The first-order chi connectivity index (χ1) is 27.8. The van der Waals surface area contributed by atoms with Gasteiger partial charge in [-0.05, 0) is 67.5 Å². The minimum Gasteiger partial charge on any atom is -0.487 e. The third kappa shape index (κ3) is 8.75. The topological polar surface area (TPSA) is 163 Å². The number of aliphatic hydroxyl groups is 1. The maximum absolute atomic E-state index is 14.1. The largest absolute Gasteiger partial charge is 0.487 e. The number of rotatable bonds is 14. The molecule has 5 rings (SSSR count). The van der Waals surface area contributed by atoms with Gasteiger partial charge >= 0.3 is 6.09 Å². The number of aryl methyl sites for hydroxylation is 1. The van der Waals surface area contributed by atoms with Crippen LogP contribution in [0.5, 0.6) is 5.75 Å². The number of alkyl carbamates (subject to hydrolysis) is 1. The molecular weight excluding hydrogens is 633 g/mol. The summed E-state index contributed by atoms with van der Waals surface area (Å²) in [5.74, 6) is -4.63. The Balaban J connectivity index is 1.48. The Morgan fingerprint density at radius 3 is 2.78 bits per heavy atom. The SMILES string of the molecule is [2H]C([2H])([2H])c1nc(C([2H])([2H])Oc2ccc(C[C@H](NC(=O)O[C@]3([2H])[C@@H]4CCO[C@@H]4OC3([2H])[2H])[C@H](O)CN(CC([2H])(C([2H])([2H])[2H])C([2H])([2H])[2H])S(=O)(=O)c3ccc(N)cc3)cc2)cs1.